The predicted octanol–water partition coefficient (Wildman–Crippen LogP) is 4.04. The number of amides is 1. The molecule has 2 aromatic carbocycles. The summed E-state index contributed by atoms with van der Waals surface area (Å²) in [6.07, 6.45) is 1.51. The molecule has 0 radical (unpaired) electrons. The Kier molecular flexibility index (Phi) is 6.84. The van der Waals surface area contributed by atoms with Gasteiger partial charge in [-0.25, -0.2) is 0 Å². The summed E-state index contributed by atoms with van der Waals surface area (Å²) in [7, 11) is 3.10. The van der Waals surface area contributed by atoms with Gasteiger partial charge in [0, 0.05) is 5.69 Å². The lowest BCUT2D eigenvalue weighted by Gasteiger charge is -2.14. The zero-order valence-electron chi connectivity index (χ0n) is 15.8. The van der Waals surface area contributed by atoms with Crippen molar-refractivity contribution >= 4 is 17.7 Å². The van der Waals surface area contributed by atoms with Crippen molar-refractivity contribution in [2.75, 3.05) is 19.5 Å². The summed E-state index contributed by atoms with van der Waals surface area (Å²) in [5, 5.41) is 12.1. The zero-order chi connectivity index (χ0) is 19.8. The number of carbonyl (C=O) groups excluding carboxylic acids is 1. The summed E-state index contributed by atoms with van der Waals surface area (Å²) in [6, 6.07) is 14.0. The monoisotopic (exact) mass is 366 g/mol. The van der Waals surface area contributed by atoms with Crippen LogP contribution < -0.4 is 19.5 Å². The molecule has 2 rings (SSSR count). The van der Waals surface area contributed by atoms with Crippen LogP contribution >= 0.6 is 0 Å². The number of anilines is 1. The Hall–Kier alpha value is -3.46. The third-order valence-corrected chi connectivity index (χ3v) is 3.57. The van der Waals surface area contributed by atoms with Gasteiger partial charge < -0.3 is 19.5 Å². The Morgan fingerprint density at radius 1 is 1.07 bits per heavy atom. The maximum absolute atomic E-state index is 12.4. The summed E-state index contributed by atoms with van der Waals surface area (Å²) in [6.45, 7) is 3.84. The molecule has 0 aromatic heterocycles. The highest BCUT2D eigenvalue weighted by molar-refractivity contribution is 6.09. The highest BCUT2D eigenvalue weighted by Gasteiger charge is 2.12. The molecular weight excluding hydrogens is 344 g/mol. The smallest absolute Gasteiger partial charge is 0.266 e. The number of rotatable bonds is 7. The van der Waals surface area contributed by atoms with Gasteiger partial charge in [0.1, 0.15) is 17.4 Å². The average Bonchev–Trinajstić information content (AvgIpc) is 2.67. The minimum atomic E-state index is -0.496. The molecule has 0 atom stereocenters. The molecule has 1 N–H and O–H groups in total. The standard InChI is InChI=1S/C21H22N2O4/c1-14(2)27-19-10-5-15(12-20(19)26-4)11-16(13-22)21(24)23-17-6-8-18(25-3)9-7-17/h5-12,14H,1-4H3,(H,23,24). The molecule has 0 unspecified atom stereocenters. The van der Waals surface area contributed by atoms with E-state index in [9.17, 15) is 10.1 Å². The molecule has 0 aliphatic carbocycles. The largest absolute Gasteiger partial charge is 0.497 e. The number of nitriles is 1. The number of carbonyl (C=O) groups is 1. The van der Waals surface area contributed by atoms with Crippen LogP contribution in [0.5, 0.6) is 17.2 Å². The molecule has 0 saturated heterocycles. The molecule has 2 aromatic rings. The fourth-order valence-electron chi connectivity index (χ4n) is 2.31. The van der Waals surface area contributed by atoms with Gasteiger partial charge in [0.15, 0.2) is 11.5 Å². The summed E-state index contributed by atoms with van der Waals surface area (Å²) >= 11 is 0. The molecule has 0 bridgehead atoms. The molecule has 0 heterocycles. The average molecular weight is 366 g/mol. The number of nitrogens with one attached hydrogen (secondary N) is 1. The zero-order valence-corrected chi connectivity index (χ0v) is 15.8. The molecule has 0 spiro atoms. The fraction of sp³-hybridized carbons (Fsp3) is 0.238. The minimum Gasteiger partial charge on any atom is -0.497 e. The molecule has 6 heteroatoms. The van der Waals surface area contributed by atoms with Gasteiger partial charge in [-0.05, 0) is 61.9 Å². The first-order valence-corrected chi connectivity index (χ1v) is 8.38. The molecule has 140 valence electrons. The Morgan fingerprint density at radius 2 is 1.78 bits per heavy atom. The van der Waals surface area contributed by atoms with E-state index in [1.165, 1.54) is 13.2 Å². The van der Waals surface area contributed by atoms with Gasteiger partial charge in [-0.3, -0.25) is 4.79 Å². The minimum absolute atomic E-state index is 0.00485. The summed E-state index contributed by atoms with van der Waals surface area (Å²) < 4.78 is 16.1. The van der Waals surface area contributed by atoms with E-state index in [0.717, 1.165) is 0 Å². The van der Waals surface area contributed by atoms with Gasteiger partial charge in [0.2, 0.25) is 0 Å². The van der Waals surface area contributed by atoms with Crippen molar-refractivity contribution in [3.63, 3.8) is 0 Å². The van der Waals surface area contributed by atoms with Crippen LogP contribution in [-0.4, -0.2) is 26.2 Å². The van der Waals surface area contributed by atoms with E-state index in [4.69, 9.17) is 14.2 Å². The highest BCUT2D eigenvalue weighted by atomic mass is 16.5. The Bertz CT molecular complexity index is 865. The highest BCUT2D eigenvalue weighted by Crippen LogP contribution is 2.29. The summed E-state index contributed by atoms with van der Waals surface area (Å²) in [4.78, 5) is 12.4. The first-order chi connectivity index (χ1) is 13.0. The van der Waals surface area contributed by atoms with Crippen molar-refractivity contribution in [3.05, 3.63) is 53.6 Å². The second kappa shape index (κ2) is 9.30. The van der Waals surface area contributed by atoms with Crippen LogP contribution in [0.1, 0.15) is 19.4 Å². The topological polar surface area (TPSA) is 80.6 Å². The second-order valence-electron chi connectivity index (χ2n) is 5.93. The van der Waals surface area contributed by atoms with Gasteiger partial charge in [0.05, 0.1) is 20.3 Å². The van der Waals surface area contributed by atoms with Gasteiger partial charge in [-0.2, -0.15) is 5.26 Å². The molecule has 0 aliphatic heterocycles. The van der Waals surface area contributed by atoms with Gasteiger partial charge in [0.25, 0.3) is 5.91 Å². The number of nitrogens with zero attached hydrogens (tertiary/aromatic N) is 1. The van der Waals surface area contributed by atoms with E-state index in [2.05, 4.69) is 5.32 Å². The molecule has 1 amide bonds. The number of ether oxygens (including phenoxy) is 3. The lowest BCUT2D eigenvalue weighted by molar-refractivity contribution is -0.112. The maximum atomic E-state index is 12.4. The van der Waals surface area contributed by atoms with E-state index < -0.39 is 5.91 Å². The molecule has 0 saturated carbocycles. The Morgan fingerprint density at radius 3 is 2.33 bits per heavy atom. The normalized spacial score (nSPS) is 10.9. The van der Waals surface area contributed by atoms with Crippen LogP contribution in [0.3, 0.4) is 0 Å². The van der Waals surface area contributed by atoms with Gasteiger partial charge in [-0.1, -0.05) is 6.07 Å². The van der Waals surface area contributed by atoms with E-state index in [1.54, 1.807) is 49.6 Å². The number of methoxy groups -OCH3 is 2. The van der Waals surface area contributed by atoms with Crippen molar-refractivity contribution in [2.24, 2.45) is 0 Å². The van der Waals surface area contributed by atoms with E-state index in [1.807, 2.05) is 19.9 Å². The lowest BCUT2D eigenvalue weighted by Crippen LogP contribution is -2.13. The first kappa shape index (κ1) is 19.9. The number of benzene rings is 2. The van der Waals surface area contributed by atoms with Crippen molar-refractivity contribution in [1.82, 2.24) is 0 Å². The van der Waals surface area contributed by atoms with Crippen LogP contribution in [-0.2, 0) is 4.79 Å². The quantitative estimate of drug-likeness (QED) is 0.591. The van der Waals surface area contributed by atoms with Crippen LogP contribution in [0, 0.1) is 11.3 Å². The van der Waals surface area contributed by atoms with Crippen molar-refractivity contribution < 1.29 is 19.0 Å². The van der Waals surface area contributed by atoms with Gasteiger partial charge >= 0.3 is 0 Å². The van der Waals surface area contributed by atoms with Crippen LogP contribution in [0.4, 0.5) is 5.69 Å². The van der Waals surface area contributed by atoms with E-state index in [-0.39, 0.29) is 11.7 Å². The molecule has 6 nitrogen and oxygen atoms in total. The summed E-state index contributed by atoms with van der Waals surface area (Å²) in [5.74, 6) is 1.32. The van der Waals surface area contributed by atoms with Crippen LogP contribution in [0.2, 0.25) is 0 Å². The lowest BCUT2D eigenvalue weighted by atomic mass is 10.1. The number of hydrogen-bond donors (Lipinski definition) is 1. The third-order valence-electron chi connectivity index (χ3n) is 3.57. The SMILES string of the molecule is COc1ccc(NC(=O)C(C#N)=Cc2ccc(OC(C)C)c(OC)c2)cc1. The molecular formula is C21H22N2O4. The van der Waals surface area contributed by atoms with Crippen molar-refractivity contribution in [3.8, 4) is 23.3 Å². The van der Waals surface area contributed by atoms with Crippen molar-refractivity contribution in [2.45, 2.75) is 20.0 Å². The van der Waals surface area contributed by atoms with Crippen molar-refractivity contribution in [1.29, 1.82) is 5.26 Å². The van der Waals surface area contributed by atoms with E-state index in [0.29, 0.717) is 28.5 Å². The number of hydrogen-bond acceptors (Lipinski definition) is 5. The summed E-state index contributed by atoms with van der Waals surface area (Å²) in [5.41, 5.74) is 1.20. The third kappa shape index (κ3) is 5.51. The van der Waals surface area contributed by atoms with E-state index >= 15 is 0 Å². The Balaban J connectivity index is 2.21. The van der Waals surface area contributed by atoms with Gasteiger partial charge in [-0.15, -0.1) is 0 Å². The second-order valence-corrected chi connectivity index (χ2v) is 5.93. The van der Waals surface area contributed by atoms with Crippen LogP contribution in [0.15, 0.2) is 48.0 Å². The fourth-order valence-corrected chi connectivity index (χ4v) is 2.31. The predicted molar refractivity (Wildman–Crippen MR) is 104 cm³/mol. The van der Waals surface area contributed by atoms with Crippen LogP contribution in [0.25, 0.3) is 6.08 Å². The molecule has 0 fully saturated rings. The first-order valence-electron chi connectivity index (χ1n) is 8.38. The molecule has 27 heavy (non-hydrogen) atoms. The maximum Gasteiger partial charge on any atom is 0.266 e. The molecule has 0 aliphatic rings. The Labute approximate surface area is 159 Å².